The Morgan fingerprint density at radius 3 is 2.88 bits per heavy atom. The maximum absolute atomic E-state index is 11.8. The smallest absolute Gasteiger partial charge is 0.251 e. The van der Waals surface area contributed by atoms with Gasteiger partial charge in [0.25, 0.3) is 5.91 Å². The molecule has 0 unspecified atom stereocenters. The van der Waals surface area contributed by atoms with Crippen molar-refractivity contribution in [2.45, 2.75) is 13.5 Å². The van der Waals surface area contributed by atoms with E-state index in [4.69, 9.17) is 4.42 Å². The number of amides is 1. The second kappa shape index (κ2) is 5.35. The SMILES string of the molecule is Cc1ccc(C(=O)NCc2ccco2)cc1I. The summed E-state index contributed by atoms with van der Waals surface area (Å²) in [6.07, 6.45) is 1.59. The first-order valence-electron chi connectivity index (χ1n) is 5.23. The van der Waals surface area contributed by atoms with Crippen LogP contribution >= 0.6 is 22.6 Å². The lowest BCUT2D eigenvalue weighted by molar-refractivity contribution is 0.0948. The zero-order chi connectivity index (χ0) is 12.3. The maximum Gasteiger partial charge on any atom is 0.251 e. The molecule has 0 fully saturated rings. The fourth-order valence-electron chi connectivity index (χ4n) is 1.42. The van der Waals surface area contributed by atoms with Crippen LogP contribution in [0.25, 0.3) is 0 Å². The molecule has 0 radical (unpaired) electrons. The molecule has 2 rings (SSSR count). The van der Waals surface area contributed by atoms with Gasteiger partial charge >= 0.3 is 0 Å². The molecule has 0 aliphatic rings. The van der Waals surface area contributed by atoms with Gasteiger partial charge in [0, 0.05) is 9.13 Å². The number of aryl methyl sites for hydroxylation is 1. The van der Waals surface area contributed by atoms with E-state index >= 15 is 0 Å². The van der Waals surface area contributed by atoms with Crippen molar-refractivity contribution in [3.05, 3.63) is 57.1 Å². The van der Waals surface area contributed by atoms with Gasteiger partial charge < -0.3 is 9.73 Å². The molecule has 3 nitrogen and oxygen atoms in total. The summed E-state index contributed by atoms with van der Waals surface area (Å²) in [4.78, 5) is 11.8. The Bertz CT molecular complexity index is 520. The number of benzene rings is 1. The van der Waals surface area contributed by atoms with Crippen LogP contribution in [0, 0.1) is 10.5 Å². The van der Waals surface area contributed by atoms with Gasteiger partial charge in [-0.2, -0.15) is 0 Å². The van der Waals surface area contributed by atoms with Gasteiger partial charge in [0.1, 0.15) is 5.76 Å². The Kier molecular flexibility index (Phi) is 3.83. The van der Waals surface area contributed by atoms with Crippen molar-refractivity contribution >= 4 is 28.5 Å². The van der Waals surface area contributed by atoms with Crippen molar-refractivity contribution in [2.24, 2.45) is 0 Å². The molecule has 88 valence electrons. The predicted octanol–water partition coefficient (Wildman–Crippen LogP) is 3.12. The molecule has 0 spiro atoms. The summed E-state index contributed by atoms with van der Waals surface area (Å²) >= 11 is 2.22. The van der Waals surface area contributed by atoms with Crippen LogP contribution in [-0.2, 0) is 6.54 Å². The summed E-state index contributed by atoms with van der Waals surface area (Å²) in [6.45, 7) is 2.43. The molecule has 0 saturated carbocycles. The summed E-state index contributed by atoms with van der Waals surface area (Å²) in [7, 11) is 0. The average molecular weight is 341 g/mol. The molecule has 1 amide bonds. The summed E-state index contributed by atoms with van der Waals surface area (Å²) in [5.74, 6) is 0.666. The van der Waals surface area contributed by atoms with Crippen molar-refractivity contribution in [2.75, 3.05) is 0 Å². The lowest BCUT2D eigenvalue weighted by atomic mass is 10.1. The second-order valence-electron chi connectivity index (χ2n) is 3.73. The summed E-state index contributed by atoms with van der Waals surface area (Å²) in [6, 6.07) is 9.29. The molecule has 1 aromatic heterocycles. The zero-order valence-electron chi connectivity index (χ0n) is 9.37. The highest BCUT2D eigenvalue weighted by atomic mass is 127. The van der Waals surface area contributed by atoms with E-state index in [0.29, 0.717) is 12.1 Å². The predicted molar refractivity (Wildman–Crippen MR) is 73.8 cm³/mol. The van der Waals surface area contributed by atoms with Crippen molar-refractivity contribution in [3.8, 4) is 0 Å². The molecule has 2 aromatic rings. The van der Waals surface area contributed by atoms with Gasteiger partial charge in [-0.15, -0.1) is 0 Å². The van der Waals surface area contributed by atoms with Crippen LogP contribution in [0.5, 0.6) is 0 Å². The molecule has 1 heterocycles. The summed E-state index contributed by atoms with van der Waals surface area (Å²) in [5, 5.41) is 2.81. The highest BCUT2D eigenvalue weighted by Crippen LogP contribution is 2.13. The normalized spacial score (nSPS) is 10.2. The number of nitrogens with one attached hydrogen (secondary N) is 1. The first-order chi connectivity index (χ1) is 8.16. The molecule has 0 aliphatic heterocycles. The third kappa shape index (κ3) is 3.09. The number of furan rings is 1. The Morgan fingerprint density at radius 1 is 1.41 bits per heavy atom. The Balaban J connectivity index is 2.02. The van der Waals surface area contributed by atoms with Crippen LogP contribution in [0.4, 0.5) is 0 Å². The third-order valence-corrected chi connectivity index (χ3v) is 3.60. The zero-order valence-corrected chi connectivity index (χ0v) is 11.5. The van der Waals surface area contributed by atoms with Crippen molar-refractivity contribution in [1.29, 1.82) is 0 Å². The highest BCUT2D eigenvalue weighted by Gasteiger charge is 2.07. The van der Waals surface area contributed by atoms with Crippen molar-refractivity contribution < 1.29 is 9.21 Å². The number of hydrogen-bond donors (Lipinski definition) is 1. The van der Waals surface area contributed by atoms with E-state index in [1.807, 2.05) is 31.2 Å². The minimum atomic E-state index is -0.0840. The van der Waals surface area contributed by atoms with Crippen LogP contribution in [0.2, 0.25) is 0 Å². The minimum Gasteiger partial charge on any atom is -0.467 e. The second-order valence-corrected chi connectivity index (χ2v) is 4.89. The Labute approximate surface area is 113 Å². The van der Waals surface area contributed by atoms with Crippen molar-refractivity contribution in [1.82, 2.24) is 5.32 Å². The van der Waals surface area contributed by atoms with Crippen LogP contribution in [0.3, 0.4) is 0 Å². The van der Waals surface area contributed by atoms with E-state index in [-0.39, 0.29) is 5.91 Å². The van der Waals surface area contributed by atoms with Crippen LogP contribution < -0.4 is 5.32 Å². The first-order valence-corrected chi connectivity index (χ1v) is 6.31. The largest absolute Gasteiger partial charge is 0.467 e. The Morgan fingerprint density at radius 2 is 2.24 bits per heavy atom. The maximum atomic E-state index is 11.8. The topological polar surface area (TPSA) is 42.2 Å². The highest BCUT2D eigenvalue weighted by molar-refractivity contribution is 14.1. The minimum absolute atomic E-state index is 0.0840. The van der Waals surface area contributed by atoms with Crippen LogP contribution in [-0.4, -0.2) is 5.91 Å². The van der Waals surface area contributed by atoms with E-state index in [1.165, 1.54) is 5.56 Å². The molecular weight excluding hydrogens is 329 g/mol. The van der Waals surface area contributed by atoms with Gasteiger partial charge in [-0.1, -0.05) is 6.07 Å². The monoisotopic (exact) mass is 341 g/mol. The van der Waals surface area contributed by atoms with E-state index in [2.05, 4.69) is 27.9 Å². The van der Waals surface area contributed by atoms with E-state index < -0.39 is 0 Å². The molecule has 4 heteroatoms. The first kappa shape index (κ1) is 12.2. The van der Waals surface area contributed by atoms with Gasteiger partial charge in [0.15, 0.2) is 0 Å². The molecular formula is C13H12INO2. The average Bonchev–Trinajstić information content (AvgIpc) is 2.82. The van der Waals surface area contributed by atoms with E-state index in [1.54, 1.807) is 12.3 Å². The summed E-state index contributed by atoms with van der Waals surface area (Å²) < 4.78 is 6.24. The Hall–Kier alpha value is -1.30. The lowest BCUT2D eigenvalue weighted by Crippen LogP contribution is -2.22. The van der Waals surface area contributed by atoms with Crippen LogP contribution in [0.15, 0.2) is 41.0 Å². The standard InChI is InChI=1S/C13H12INO2/c1-9-4-5-10(7-12(9)14)13(16)15-8-11-3-2-6-17-11/h2-7H,8H2,1H3,(H,15,16). The van der Waals surface area contributed by atoms with Gasteiger partial charge in [0.2, 0.25) is 0 Å². The number of carbonyl (C=O) groups is 1. The quantitative estimate of drug-likeness (QED) is 0.872. The molecule has 0 atom stereocenters. The van der Waals surface area contributed by atoms with Gasteiger partial charge in [-0.05, 0) is 59.3 Å². The fraction of sp³-hybridized carbons (Fsp3) is 0.154. The fourth-order valence-corrected chi connectivity index (χ4v) is 1.93. The van der Waals surface area contributed by atoms with Gasteiger partial charge in [0.05, 0.1) is 12.8 Å². The van der Waals surface area contributed by atoms with E-state index in [9.17, 15) is 4.79 Å². The number of rotatable bonds is 3. The lowest BCUT2D eigenvalue weighted by Gasteiger charge is -2.05. The number of carbonyl (C=O) groups excluding carboxylic acids is 1. The molecule has 1 N–H and O–H groups in total. The molecule has 1 aromatic carbocycles. The molecule has 17 heavy (non-hydrogen) atoms. The van der Waals surface area contributed by atoms with E-state index in [0.717, 1.165) is 9.33 Å². The molecule has 0 aliphatic carbocycles. The summed E-state index contributed by atoms with van der Waals surface area (Å²) in [5.41, 5.74) is 1.85. The van der Waals surface area contributed by atoms with Crippen LogP contribution in [0.1, 0.15) is 21.7 Å². The number of halogens is 1. The number of hydrogen-bond acceptors (Lipinski definition) is 2. The van der Waals surface area contributed by atoms with Crippen molar-refractivity contribution in [3.63, 3.8) is 0 Å². The van der Waals surface area contributed by atoms with Gasteiger partial charge in [-0.25, -0.2) is 0 Å². The third-order valence-electron chi connectivity index (χ3n) is 2.44. The molecule has 0 saturated heterocycles. The van der Waals surface area contributed by atoms with Gasteiger partial charge in [-0.3, -0.25) is 4.79 Å². The molecule has 0 bridgehead atoms.